The number of allylic oxidation sites excluding steroid dienone is 1. The predicted molar refractivity (Wildman–Crippen MR) is 146 cm³/mol. The van der Waals surface area contributed by atoms with Gasteiger partial charge >= 0.3 is 0 Å². The van der Waals surface area contributed by atoms with E-state index in [2.05, 4.69) is 39.7 Å². The average Bonchev–Trinajstić information content (AvgIpc) is 3.60. The molecule has 2 N–H and O–H groups in total. The van der Waals surface area contributed by atoms with E-state index in [-0.39, 0.29) is 5.91 Å². The first-order chi connectivity index (χ1) is 18.1. The summed E-state index contributed by atoms with van der Waals surface area (Å²) in [5.74, 6) is 0.520. The molecular formula is C27H31N9O. The molecule has 1 amide bonds. The number of H-pyrrole nitrogens is 1. The van der Waals surface area contributed by atoms with E-state index in [1.54, 1.807) is 18.6 Å². The Labute approximate surface area is 215 Å². The van der Waals surface area contributed by atoms with Gasteiger partial charge in [0.15, 0.2) is 0 Å². The van der Waals surface area contributed by atoms with Crippen LogP contribution in [-0.2, 0) is 6.54 Å². The summed E-state index contributed by atoms with van der Waals surface area (Å²) in [4.78, 5) is 38.2. The van der Waals surface area contributed by atoms with Gasteiger partial charge in [0.25, 0.3) is 5.91 Å². The van der Waals surface area contributed by atoms with Gasteiger partial charge in [-0.2, -0.15) is 0 Å². The highest BCUT2D eigenvalue weighted by atomic mass is 16.2. The van der Waals surface area contributed by atoms with Crippen LogP contribution in [-0.4, -0.2) is 79.1 Å². The summed E-state index contributed by atoms with van der Waals surface area (Å²) in [6.45, 7) is 8.83. The first-order valence-electron chi connectivity index (χ1n) is 12.5. The minimum absolute atomic E-state index is 0.0337. The summed E-state index contributed by atoms with van der Waals surface area (Å²) in [5.41, 5.74) is 3.89. The Morgan fingerprint density at radius 3 is 2.73 bits per heavy atom. The van der Waals surface area contributed by atoms with Crippen molar-refractivity contribution in [3.63, 3.8) is 0 Å². The largest absolute Gasteiger partial charge is 0.351 e. The number of carbonyl (C=O) groups is 1. The van der Waals surface area contributed by atoms with Gasteiger partial charge < -0.3 is 19.8 Å². The standard InChI is InChI=1S/C27H31N9O/c1-3-22(29-4-2)24-7-8-30-27(33-24)31-21-5-6-23-20(17-21)18-25(32-23)26(37)36-15-13-34(14-16-36)11-12-35-10-9-28-19-35/h3-10,17-19,32H,11-16H2,1-2H3,(H,30,31,33)/b22-3-,29-4?. The summed E-state index contributed by atoms with van der Waals surface area (Å²) in [5, 5.41) is 4.22. The minimum atomic E-state index is 0.0337. The number of anilines is 2. The SMILES string of the molecule is CC=N/C(=C\C)c1ccnc(Nc2ccc3[nH]c(C(=O)N4CCN(CCn5ccnc5)CC4)cc3c2)n1. The molecule has 0 unspecified atom stereocenters. The number of aliphatic imine (C=N–C) groups is 1. The molecule has 1 fully saturated rings. The number of hydrogen-bond acceptors (Lipinski definition) is 7. The molecule has 5 rings (SSSR count). The van der Waals surface area contributed by atoms with Crippen molar-refractivity contribution in [2.45, 2.75) is 20.4 Å². The lowest BCUT2D eigenvalue weighted by molar-refractivity contribution is 0.0628. The highest BCUT2D eigenvalue weighted by Crippen LogP contribution is 2.23. The van der Waals surface area contributed by atoms with Crippen LogP contribution in [0, 0.1) is 0 Å². The van der Waals surface area contributed by atoms with Crippen molar-refractivity contribution < 1.29 is 4.79 Å². The van der Waals surface area contributed by atoms with Crippen LogP contribution < -0.4 is 5.32 Å². The lowest BCUT2D eigenvalue weighted by atomic mass is 10.2. The number of rotatable bonds is 8. The molecule has 1 aliphatic rings. The number of amides is 1. The second kappa shape index (κ2) is 11.2. The molecule has 37 heavy (non-hydrogen) atoms. The Balaban J connectivity index is 1.22. The fourth-order valence-corrected chi connectivity index (χ4v) is 4.46. The molecule has 3 aromatic heterocycles. The molecule has 0 aliphatic carbocycles. The summed E-state index contributed by atoms with van der Waals surface area (Å²) >= 11 is 0. The third-order valence-corrected chi connectivity index (χ3v) is 6.46. The van der Waals surface area contributed by atoms with Crippen molar-refractivity contribution >= 4 is 40.4 Å². The third kappa shape index (κ3) is 5.75. The van der Waals surface area contributed by atoms with Crippen molar-refractivity contribution in [1.82, 2.24) is 34.3 Å². The van der Waals surface area contributed by atoms with Gasteiger partial charge in [-0.25, -0.2) is 15.0 Å². The van der Waals surface area contributed by atoms with Gasteiger partial charge in [-0.1, -0.05) is 6.08 Å². The number of nitrogens with zero attached hydrogens (tertiary/aromatic N) is 7. The quantitative estimate of drug-likeness (QED) is 0.359. The number of hydrogen-bond donors (Lipinski definition) is 2. The highest BCUT2D eigenvalue weighted by molar-refractivity contribution is 5.98. The Morgan fingerprint density at radius 2 is 1.97 bits per heavy atom. The van der Waals surface area contributed by atoms with Crippen LogP contribution in [0.2, 0.25) is 0 Å². The molecule has 0 radical (unpaired) electrons. The fraction of sp³-hybridized carbons (Fsp3) is 0.296. The Kier molecular flexibility index (Phi) is 7.36. The highest BCUT2D eigenvalue weighted by Gasteiger charge is 2.23. The topological polar surface area (TPSA) is 107 Å². The smallest absolute Gasteiger partial charge is 0.270 e. The lowest BCUT2D eigenvalue weighted by Gasteiger charge is -2.34. The zero-order valence-electron chi connectivity index (χ0n) is 21.1. The fourth-order valence-electron chi connectivity index (χ4n) is 4.46. The second-order valence-electron chi connectivity index (χ2n) is 8.87. The van der Waals surface area contributed by atoms with Crippen molar-refractivity contribution in [1.29, 1.82) is 0 Å². The van der Waals surface area contributed by atoms with Crippen LogP contribution >= 0.6 is 0 Å². The van der Waals surface area contributed by atoms with E-state index in [0.29, 0.717) is 11.6 Å². The van der Waals surface area contributed by atoms with Gasteiger partial charge in [0.05, 0.1) is 17.7 Å². The molecule has 0 atom stereocenters. The summed E-state index contributed by atoms with van der Waals surface area (Å²) in [6.07, 6.45) is 11.0. The predicted octanol–water partition coefficient (Wildman–Crippen LogP) is 3.81. The van der Waals surface area contributed by atoms with Crippen LogP contribution in [0.15, 0.2) is 66.3 Å². The number of carbonyl (C=O) groups excluding carboxylic acids is 1. The Hall–Kier alpha value is -4.31. The minimum Gasteiger partial charge on any atom is -0.351 e. The van der Waals surface area contributed by atoms with Gasteiger partial charge in [0.2, 0.25) is 5.95 Å². The van der Waals surface area contributed by atoms with Crippen molar-refractivity contribution in [2.75, 3.05) is 38.0 Å². The molecular weight excluding hydrogens is 466 g/mol. The van der Waals surface area contributed by atoms with Crippen LogP contribution in [0.1, 0.15) is 30.0 Å². The van der Waals surface area contributed by atoms with Gasteiger partial charge in [-0.3, -0.25) is 14.7 Å². The van der Waals surface area contributed by atoms with Gasteiger partial charge in [-0.05, 0) is 44.2 Å². The van der Waals surface area contributed by atoms with E-state index in [1.165, 1.54) is 0 Å². The van der Waals surface area contributed by atoms with Gasteiger partial charge in [-0.15, -0.1) is 0 Å². The van der Waals surface area contributed by atoms with Crippen LogP contribution in [0.3, 0.4) is 0 Å². The molecule has 0 spiro atoms. The molecule has 0 saturated carbocycles. The van der Waals surface area contributed by atoms with E-state index in [4.69, 9.17) is 0 Å². The first kappa shape index (κ1) is 24.4. The maximum atomic E-state index is 13.2. The lowest BCUT2D eigenvalue weighted by Crippen LogP contribution is -2.49. The molecule has 10 nitrogen and oxygen atoms in total. The van der Waals surface area contributed by atoms with E-state index >= 15 is 0 Å². The molecule has 1 aliphatic heterocycles. The van der Waals surface area contributed by atoms with E-state index in [0.717, 1.165) is 67.2 Å². The number of aromatic nitrogens is 5. The first-order valence-corrected chi connectivity index (χ1v) is 12.5. The molecule has 10 heteroatoms. The van der Waals surface area contributed by atoms with E-state index in [1.807, 2.05) is 67.7 Å². The number of aromatic amines is 1. The van der Waals surface area contributed by atoms with E-state index in [9.17, 15) is 4.79 Å². The zero-order chi connectivity index (χ0) is 25.6. The van der Waals surface area contributed by atoms with Crippen molar-refractivity contribution in [2.24, 2.45) is 4.99 Å². The van der Waals surface area contributed by atoms with Crippen molar-refractivity contribution in [3.8, 4) is 0 Å². The number of benzene rings is 1. The molecule has 4 aromatic rings. The number of nitrogens with one attached hydrogen (secondary N) is 2. The molecule has 0 bridgehead atoms. The molecule has 4 heterocycles. The van der Waals surface area contributed by atoms with Gasteiger partial charge in [0, 0.05) is 80.7 Å². The normalized spacial score (nSPS) is 15.1. The number of fused-ring (bicyclic) bond motifs is 1. The summed E-state index contributed by atoms with van der Waals surface area (Å²) < 4.78 is 2.08. The molecule has 1 aromatic carbocycles. The Bertz CT molecular complexity index is 1410. The summed E-state index contributed by atoms with van der Waals surface area (Å²) in [6, 6.07) is 9.65. The number of piperazine rings is 1. The van der Waals surface area contributed by atoms with Crippen LogP contribution in [0.25, 0.3) is 16.6 Å². The maximum absolute atomic E-state index is 13.2. The van der Waals surface area contributed by atoms with Crippen molar-refractivity contribution in [3.05, 3.63) is 72.7 Å². The average molecular weight is 498 g/mol. The third-order valence-electron chi connectivity index (χ3n) is 6.46. The monoisotopic (exact) mass is 497 g/mol. The second-order valence-corrected chi connectivity index (χ2v) is 8.87. The molecule has 1 saturated heterocycles. The number of imidazole rings is 1. The van der Waals surface area contributed by atoms with Crippen LogP contribution in [0.4, 0.5) is 11.6 Å². The Morgan fingerprint density at radius 1 is 1.11 bits per heavy atom. The zero-order valence-corrected chi connectivity index (χ0v) is 21.1. The maximum Gasteiger partial charge on any atom is 0.270 e. The van der Waals surface area contributed by atoms with Crippen LogP contribution in [0.5, 0.6) is 0 Å². The molecule has 190 valence electrons. The van der Waals surface area contributed by atoms with E-state index < -0.39 is 0 Å². The summed E-state index contributed by atoms with van der Waals surface area (Å²) in [7, 11) is 0. The van der Waals surface area contributed by atoms with Gasteiger partial charge in [0.1, 0.15) is 5.69 Å².